The molecule has 0 atom stereocenters. The quantitative estimate of drug-likeness (QED) is 0.140. The second kappa shape index (κ2) is 13.8. The van der Waals surface area contributed by atoms with Crippen LogP contribution in [-0.2, 0) is 9.59 Å². The summed E-state index contributed by atoms with van der Waals surface area (Å²) in [5.41, 5.74) is 1.11. The van der Waals surface area contributed by atoms with Crippen molar-refractivity contribution in [2.24, 2.45) is 11.8 Å². The van der Waals surface area contributed by atoms with Crippen LogP contribution < -0.4 is 9.47 Å². The van der Waals surface area contributed by atoms with Crippen LogP contribution in [-0.4, -0.2) is 37.0 Å². The number of rotatable bonds is 12. The minimum Gasteiger partial charge on any atom is -0.492 e. The average molecular weight is 496 g/mol. The third kappa shape index (κ3) is 7.94. The molecule has 0 aliphatic heterocycles. The van der Waals surface area contributed by atoms with Crippen molar-refractivity contribution in [2.75, 3.05) is 20.2 Å². The number of carbonyl (C=O) groups excluding carboxylic acids is 2. The summed E-state index contributed by atoms with van der Waals surface area (Å²) in [5.74, 6) is 0.626. The van der Waals surface area contributed by atoms with E-state index >= 15 is 0 Å². The van der Waals surface area contributed by atoms with Gasteiger partial charge in [-0.1, -0.05) is 51.3 Å². The van der Waals surface area contributed by atoms with E-state index in [1.807, 2.05) is 0 Å². The number of benzene rings is 2. The van der Waals surface area contributed by atoms with Crippen LogP contribution in [0.4, 0.5) is 4.39 Å². The SMILES string of the molecule is C=CC(=O)N(C)CCOc1ccc(-c2ccc(OC(=O)C3CCC(CCCCC)CC3)cc2F)cc1. The van der Waals surface area contributed by atoms with Gasteiger partial charge in [0, 0.05) is 18.7 Å². The van der Waals surface area contributed by atoms with Crippen LogP contribution in [0.3, 0.4) is 0 Å². The highest BCUT2D eigenvalue weighted by Crippen LogP contribution is 2.34. The summed E-state index contributed by atoms with van der Waals surface area (Å²) < 4.78 is 26.1. The van der Waals surface area contributed by atoms with Gasteiger partial charge in [0.05, 0.1) is 12.5 Å². The van der Waals surface area contributed by atoms with E-state index in [9.17, 15) is 14.0 Å². The van der Waals surface area contributed by atoms with Crippen molar-refractivity contribution in [1.82, 2.24) is 4.90 Å². The third-order valence-electron chi connectivity index (χ3n) is 6.97. The highest BCUT2D eigenvalue weighted by Gasteiger charge is 2.27. The molecule has 36 heavy (non-hydrogen) atoms. The topological polar surface area (TPSA) is 55.8 Å². The Kier molecular flexibility index (Phi) is 10.5. The molecule has 0 bridgehead atoms. The third-order valence-corrected chi connectivity index (χ3v) is 6.97. The Morgan fingerprint density at radius 1 is 1.06 bits per heavy atom. The van der Waals surface area contributed by atoms with Gasteiger partial charge in [-0.15, -0.1) is 0 Å². The van der Waals surface area contributed by atoms with E-state index in [-0.39, 0.29) is 23.5 Å². The fraction of sp³-hybridized carbons (Fsp3) is 0.467. The summed E-state index contributed by atoms with van der Waals surface area (Å²) in [7, 11) is 1.68. The van der Waals surface area contributed by atoms with Crippen LogP contribution in [0.15, 0.2) is 55.1 Å². The minimum atomic E-state index is -0.446. The summed E-state index contributed by atoms with van der Waals surface area (Å²) in [4.78, 5) is 25.6. The van der Waals surface area contributed by atoms with Gasteiger partial charge in [-0.2, -0.15) is 0 Å². The van der Waals surface area contributed by atoms with Crippen molar-refractivity contribution in [3.8, 4) is 22.6 Å². The lowest BCUT2D eigenvalue weighted by Crippen LogP contribution is -2.29. The van der Waals surface area contributed by atoms with E-state index in [1.165, 1.54) is 42.7 Å². The zero-order valence-corrected chi connectivity index (χ0v) is 21.5. The number of hydrogen-bond acceptors (Lipinski definition) is 4. The van der Waals surface area contributed by atoms with Crippen molar-refractivity contribution in [3.63, 3.8) is 0 Å². The maximum Gasteiger partial charge on any atom is 0.314 e. The zero-order chi connectivity index (χ0) is 25.9. The molecule has 0 unspecified atom stereocenters. The number of esters is 1. The molecule has 1 aliphatic carbocycles. The predicted molar refractivity (Wildman–Crippen MR) is 140 cm³/mol. The molecule has 0 N–H and O–H groups in total. The van der Waals surface area contributed by atoms with Crippen molar-refractivity contribution in [3.05, 3.63) is 60.9 Å². The smallest absolute Gasteiger partial charge is 0.314 e. The lowest BCUT2D eigenvalue weighted by Gasteiger charge is -2.27. The van der Waals surface area contributed by atoms with E-state index in [0.717, 1.165) is 31.6 Å². The van der Waals surface area contributed by atoms with Gasteiger partial charge in [0.2, 0.25) is 5.91 Å². The number of carbonyl (C=O) groups is 2. The number of hydrogen-bond donors (Lipinski definition) is 0. The molecule has 0 saturated heterocycles. The summed E-state index contributed by atoms with van der Waals surface area (Å²) in [6, 6.07) is 11.6. The number of ether oxygens (including phenoxy) is 2. The van der Waals surface area contributed by atoms with Gasteiger partial charge < -0.3 is 14.4 Å². The van der Waals surface area contributed by atoms with Gasteiger partial charge in [-0.05, 0) is 67.5 Å². The van der Waals surface area contributed by atoms with E-state index < -0.39 is 5.82 Å². The maximum absolute atomic E-state index is 14.9. The van der Waals surface area contributed by atoms with Gasteiger partial charge in [-0.3, -0.25) is 9.59 Å². The normalized spacial score (nSPS) is 17.3. The molecular formula is C30H38FNO4. The summed E-state index contributed by atoms with van der Waals surface area (Å²) in [6.07, 6.45) is 10.1. The molecule has 0 spiro atoms. The highest BCUT2D eigenvalue weighted by atomic mass is 19.1. The molecule has 2 aromatic rings. The van der Waals surface area contributed by atoms with Crippen LogP contribution in [0.25, 0.3) is 11.1 Å². The van der Waals surface area contributed by atoms with Gasteiger partial charge in [0.1, 0.15) is 23.9 Å². The Balaban J connectivity index is 1.50. The number of halogens is 1. The predicted octanol–water partition coefficient (Wildman–Crippen LogP) is 6.81. The highest BCUT2D eigenvalue weighted by molar-refractivity contribution is 5.86. The van der Waals surface area contributed by atoms with Crippen molar-refractivity contribution in [1.29, 1.82) is 0 Å². The van der Waals surface area contributed by atoms with Gasteiger partial charge >= 0.3 is 5.97 Å². The largest absolute Gasteiger partial charge is 0.492 e. The van der Waals surface area contributed by atoms with Crippen LogP contribution in [0.1, 0.15) is 58.3 Å². The first-order chi connectivity index (χ1) is 17.4. The Morgan fingerprint density at radius 2 is 1.75 bits per heavy atom. The molecule has 3 rings (SSSR count). The summed E-state index contributed by atoms with van der Waals surface area (Å²) in [6.45, 7) is 6.44. The second-order valence-corrected chi connectivity index (χ2v) is 9.61. The fourth-order valence-corrected chi connectivity index (χ4v) is 4.66. The molecule has 1 aliphatic rings. The Labute approximate surface area is 214 Å². The Morgan fingerprint density at radius 3 is 2.39 bits per heavy atom. The van der Waals surface area contributed by atoms with Crippen LogP contribution in [0, 0.1) is 17.7 Å². The lowest BCUT2D eigenvalue weighted by molar-refractivity contribution is -0.140. The first-order valence-electron chi connectivity index (χ1n) is 13.0. The second-order valence-electron chi connectivity index (χ2n) is 9.61. The van der Waals surface area contributed by atoms with Crippen molar-refractivity contribution < 1.29 is 23.5 Å². The van der Waals surface area contributed by atoms with Crippen molar-refractivity contribution in [2.45, 2.75) is 58.3 Å². The van der Waals surface area contributed by atoms with Gasteiger partial charge in [-0.25, -0.2) is 4.39 Å². The van der Waals surface area contributed by atoms with E-state index in [4.69, 9.17) is 9.47 Å². The Bertz CT molecular complexity index is 1010. The van der Waals surface area contributed by atoms with Gasteiger partial charge in [0.15, 0.2) is 0 Å². The van der Waals surface area contributed by atoms with E-state index in [1.54, 1.807) is 43.4 Å². The van der Waals surface area contributed by atoms with Crippen molar-refractivity contribution >= 4 is 11.9 Å². The van der Waals surface area contributed by atoms with E-state index in [2.05, 4.69) is 13.5 Å². The molecule has 1 fully saturated rings. The molecule has 0 radical (unpaired) electrons. The molecule has 1 amide bonds. The first-order valence-corrected chi connectivity index (χ1v) is 13.0. The summed E-state index contributed by atoms with van der Waals surface area (Å²) >= 11 is 0. The maximum atomic E-state index is 14.9. The molecule has 6 heteroatoms. The monoisotopic (exact) mass is 495 g/mol. The van der Waals surface area contributed by atoms with Crippen LogP contribution in [0.2, 0.25) is 0 Å². The molecule has 1 saturated carbocycles. The average Bonchev–Trinajstić information content (AvgIpc) is 2.89. The summed E-state index contributed by atoms with van der Waals surface area (Å²) in [5, 5.41) is 0. The molecule has 2 aromatic carbocycles. The first kappa shape index (κ1) is 27.4. The lowest BCUT2D eigenvalue weighted by atomic mass is 9.80. The number of nitrogens with zero attached hydrogens (tertiary/aromatic N) is 1. The van der Waals surface area contributed by atoms with E-state index in [0.29, 0.717) is 30.0 Å². The number of amides is 1. The molecular weight excluding hydrogens is 457 g/mol. The number of likely N-dealkylation sites (N-methyl/N-ethyl adjacent to an activating group) is 1. The van der Waals surface area contributed by atoms with Crippen LogP contribution >= 0.6 is 0 Å². The molecule has 194 valence electrons. The molecule has 0 aromatic heterocycles. The standard InChI is InChI=1S/C30H38FNO4/c1-4-6-7-8-22-9-11-24(12-10-22)30(34)36-26-17-18-27(28(31)21-26)23-13-15-25(16-14-23)35-20-19-32(3)29(33)5-2/h5,13-18,21-22,24H,2,4,6-12,19-20H2,1,3H3. The zero-order valence-electron chi connectivity index (χ0n) is 21.5. The minimum absolute atomic E-state index is 0.0996. The van der Waals surface area contributed by atoms with Gasteiger partial charge in [0.25, 0.3) is 0 Å². The molecule has 0 heterocycles. The Hall–Kier alpha value is -3.15. The number of unbranched alkanes of at least 4 members (excludes halogenated alkanes) is 2. The molecule has 5 nitrogen and oxygen atoms in total. The fourth-order valence-electron chi connectivity index (χ4n) is 4.66. The van der Waals surface area contributed by atoms with Crippen LogP contribution in [0.5, 0.6) is 11.5 Å².